The van der Waals surface area contributed by atoms with E-state index >= 15 is 0 Å². The Labute approximate surface area is 140 Å². The van der Waals surface area contributed by atoms with Crippen LogP contribution in [0.3, 0.4) is 0 Å². The number of hydrogen-bond donors (Lipinski definition) is 1. The molecule has 0 aliphatic rings. The highest BCUT2D eigenvalue weighted by atomic mass is 35.5. The summed E-state index contributed by atoms with van der Waals surface area (Å²) in [6, 6.07) is 10.2. The Morgan fingerprint density at radius 1 is 1.27 bits per heavy atom. The number of hydrogen-bond acceptors (Lipinski definition) is 4. The number of thiazole rings is 1. The van der Waals surface area contributed by atoms with Gasteiger partial charge >= 0.3 is 0 Å². The molecule has 22 heavy (non-hydrogen) atoms. The fraction of sp³-hybridized carbons (Fsp3) is 0.0667. The molecule has 0 aliphatic carbocycles. The topological polar surface area (TPSA) is 51.2 Å². The molecular formula is C15H10Cl2N2O2S. The molecule has 3 aromatic rings. The first kappa shape index (κ1) is 15.1. The van der Waals surface area contributed by atoms with Crippen molar-refractivity contribution in [3.05, 3.63) is 52.0 Å². The zero-order chi connectivity index (χ0) is 15.7. The van der Waals surface area contributed by atoms with Crippen LogP contribution in [0.2, 0.25) is 10.0 Å². The summed E-state index contributed by atoms with van der Waals surface area (Å²) in [6.45, 7) is 0. The summed E-state index contributed by atoms with van der Waals surface area (Å²) in [5.74, 6) is 0.329. The molecule has 1 amide bonds. The lowest BCUT2D eigenvalue weighted by molar-refractivity contribution is 0.102. The van der Waals surface area contributed by atoms with Crippen molar-refractivity contribution in [3.8, 4) is 5.75 Å². The zero-order valence-corrected chi connectivity index (χ0v) is 13.7. The van der Waals surface area contributed by atoms with E-state index in [9.17, 15) is 4.79 Å². The van der Waals surface area contributed by atoms with Crippen molar-refractivity contribution in [2.45, 2.75) is 0 Å². The van der Waals surface area contributed by atoms with Gasteiger partial charge in [0, 0.05) is 10.6 Å². The molecule has 3 rings (SSSR count). The Balaban J connectivity index is 1.94. The predicted molar refractivity (Wildman–Crippen MR) is 90.6 cm³/mol. The molecule has 1 N–H and O–H groups in total. The van der Waals surface area contributed by atoms with E-state index in [0.29, 0.717) is 32.0 Å². The molecule has 0 atom stereocenters. The molecule has 4 nitrogen and oxygen atoms in total. The van der Waals surface area contributed by atoms with Gasteiger partial charge in [0.25, 0.3) is 5.91 Å². The number of carbonyl (C=O) groups excluding carboxylic acids is 1. The lowest BCUT2D eigenvalue weighted by Crippen LogP contribution is -2.11. The number of nitrogens with zero attached hydrogens (tertiary/aromatic N) is 1. The number of anilines is 1. The van der Waals surface area contributed by atoms with Crippen molar-refractivity contribution >= 4 is 55.8 Å². The Hall–Kier alpha value is -1.82. The molecule has 0 radical (unpaired) electrons. The van der Waals surface area contributed by atoms with E-state index in [0.717, 1.165) is 4.70 Å². The number of amides is 1. The van der Waals surface area contributed by atoms with E-state index in [2.05, 4.69) is 10.3 Å². The number of carbonyl (C=O) groups is 1. The number of rotatable bonds is 3. The Kier molecular flexibility index (Phi) is 4.20. The number of ether oxygens (including phenoxy) is 1. The summed E-state index contributed by atoms with van der Waals surface area (Å²) in [6.07, 6.45) is 0. The minimum atomic E-state index is -0.281. The molecule has 0 bridgehead atoms. The van der Waals surface area contributed by atoms with Gasteiger partial charge in [-0.1, -0.05) is 40.6 Å². The van der Waals surface area contributed by atoms with Crippen LogP contribution in [-0.2, 0) is 0 Å². The number of nitrogens with one attached hydrogen (secondary N) is 1. The molecular weight excluding hydrogens is 343 g/mol. The van der Waals surface area contributed by atoms with E-state index in [1.807, 2.05) is 0 Å². The van der Waals surface area contributed by atoms with Crippen molar-refractivity contribution in [2.24, 2.45) is 0 Å². The van der Waals surface area contributed by atoms with Gasteiger partial charge in [-0.25, -0.2) is 4.98 Å². The minimum absolute atomic E-state index is 0.281. The molecule has 1 aromatic heterocycles. The number of halogens is 2. The van der Waals surface area contributed by atoms with Gasteiger partial charge in [0.1, 0.15) is 11.3 Å². The van der Waals surface area contributed by atoms with Crippen LogP contribution < -0.4 is 10.1 Å². The molecule has 0 fully saturated rings. The van der Waals surface area contributed by atoms with Crippen LogP contribution in [0.5, 0.6) is 5.75 Å². The maximum atomic E-state index is 12.2. The average molecular weight is 353 g/mol. The van der Waals surface area contributed by atoms with Gasteiger partial charge in [0.2, 0.25) is 0 Å². The highest BCUT2D eigenvalue weighted by molar-refractivity contribution is 7.23. The quantitative estimate of drug-likeness (QED) is 0.731. The molecule has 1 heterocycles. The summed E-state index contributed by atoms with van der Waals surface area (Å²) in [5, 5.41) is 4.27. The summed E-state index contributed by atoms with van der Waals surface area (Å²) < 4.78 is 6.02. The molecule has 0 unspecified atom stereocenters. The predicted octanol–water partition coefficient (Wildman–Crippen LogP) is 4.86. The lowest BCUT2D eigenvalue weighted by Gasteiger charge is -2.01. The number of methoxy groups -OCH3 is 1. The normalized spacial score (nSPS) is 10.7. The fourth-order valence-electron chi connectivity index (χ4n) is 1.97. The summed E-state index contributed by atoms with van der Waals surface area (Å²) >= 11 is 13.3. The van der Waals surface area contributed by atoms with E-state index in [1.165, 1.54) is 11.3 Å². The van der Waals surface area contributed by atoms with Crippen LogP contribution >= 0.6 is 34.5 Å². The van der Waals surface area contributed by atoms with Crippen LogP contribution in [0.4, 0.5) is 5.13 Å². The molecule has 112 valence electrons. The third-order valence-corrected chi connectivity index (χ3v) is 4.65. The number of aromatic nitrogens is 1. The molecule has 7 heteroatoms. The van der Waals surface area contributed by atoms with E-state index in [1.54, 1.807) is 43.5 Å². The summed E-state index contributed by atoms with van der Waals surface area (Å²) in [7, 11) is 1.56. The zero-order valence-electron chi connectivity index (χ0n) is 11.4. The second-order valence-electron chi connectivity index (χ2n) is 4.41. The molecule has 2 aromatic carbocycles. The number of benzene rings is 2. The largest absolute Gasteiger partial charge is 0.494 e. The van der Waals surface area contributed by atoms with Gasteiger partial charge in [0.15, 0.2) is 5.13 Å². The number of fused-ring (bicyclic) bond motifs is 1. The molecule has 0 spiro atoms. The van der Waals surface area contributed by atoms with Crippen LogP contribution in [0.1, 0.15) is 10.4 Å². The lowest BCUT2D eigenvalue weighted by atomic mass is 10.2. The Bertz CT molecular complexity index is 864. The van der Waals surface area contributed by atoms with Crippen molar-refractivity contribution in [1.29, 1.82) is 0 Å². The van der Waals surface area contributed by atoms with Crippen molar-refractivity contribution < 1.29 is 9.53 Å². The second-order valence-corrected chi connectivity index (χ2v) is 6.25. The molecule has 0 aliphatic heterocycles. The first-order valence-corrected chi connectivity index (χ1v) is 7.85. The van der Waals surface area contributed by atoms with Gasteiger partial charge < -0.3 is 4.74 Å². The monoisotopic (exact) mass is 352 g/mol. The first-order valence-electron chi connectivity index (χ1n) is 6.28. The molecule has 0 saturated heterocycles. The van der Waals surface area contributed by atoms with E-state index < -0.39 is 0 Å². The van der Waals surface area contributed by atoms with Crippen molar-refractivity contribution in [3.63, 3.8) is 0 Å². The van der Waals surface area contributed by atoms with Crippen LogP contribution in [0, 0.1) is 0 Å². The second kappa shape index (κ2) is 6.12. The molecule has 0 saturated carbocycles. The smallest absolute Gasteiger partial charge is 0.257 e. The van der Waals surface area contributed by atoms with E-state index in [-0.39, 0.29) is 5.91 Å². The van der Waals surface area contributed by atoms with Crippen molar-refractivity contribution in [2.75, 3.05) is 12.4 Å². The van der Waals surface area contributed by atoms with Gasteiger partial charge in [-0.2, -0.15) is 0 Å². The van der Waals surface area contributed by atoms with Crippen LogP contribution in [0.15, 0.2) is 36.4 Å². The standard InChI is InChI=1S/C15H10Cl2N2O2S/c1-21-11-6-5-10(17)13-12(11)18-15(22-13)19-14(20)8-3-2-4-9(16)7-8/h2-7H,1H3,(H,18,19,20). The highest BCUT2D eigenvalue weighted by Gasteiger charge is 2.14. The van der Waals surface area contributed by atoms with Crippen LogP contribution in [-0.4, -0.2) is 18.0 Å². The minimum Gasteiger partial charge on any atom is -0.494 e. The Morgan fingerprint density at radius 2 is 2.09 bits per heavy atom. The summed E-state index contributed by atoms with van der Waals surface area (Å²) in [5.41, 5.74) is 1.09. The van der Waals surface area contributed by atoms with Gasteiger partial charge in [-0.3, -0.25) is 10.1 Å². The Morgan fingerprint density at radius 3 is 2.82 bits per heavy atom. The maximum absolute atomic E-state index is 12.2. The highest BCUT2D eigenvalue weighted by Crippen LogP contribution is 2.37. The third kappa shape index (κ3) is 2.88. The van der Waals surface area contributed by atoms with Crippen molar-refractivity contribution in [1.82, 2.24) is 4.98 Å². The maximum Gasteiger partial charge on any atom is 0.257 e. The first-order chi connectivity index (χ1) is 10.6. The average Bonchev–Trinajstić information content (AvgIpc) is 2.92. The fourth-order valence-corrected chi connectivity index (χ4v) is 3.31. The summed E-state index contributed by atoms with van der Waals surface area (Å²) in [4.78, 5) is 16.6. The van der Waals surface area contributed by atoms with Crippen LogP contribution in [0.25, 0.3) is 10.2 Å². The SMILES string of the molecule is COc1ccc(Cl)c2sc(NC(=O)c3cccc(Cl)c3)nc12. The third-order valence-electron chi connectivity index (χ3n) is 2.99. The van der Waals surface area contributed by atoms with Gasteiger partial charge in [0.05, 0.1) is 16.8 Å². The van der Waals surface area contributed by atoms with Gasteiger partial charge in [-0.05, 0) is 30.3 Å². The van der Waals surface area contributed by atoms with E-state index in [4.69, 9.17) is 27.9 Å². The van der Waals surface area contributed by atoms with Gasteiger partial charge in [-0.15, -0.1) is 0 Å².